The summed E-state index contributed by atoms with van der Waals surface area (Å²) in [6.07, 6.45) is 0. The summed E-state index contributed by atoms with van der Waals surface area (Å²) in [7, 11) is -3.06. The second-order valence-corrected chi connectivity index (χ2v) is 5.21. The molecule has 1 aliphatic heterocycles. The van der Waals surface area contributed by atoms with Crippen LogP contribution in [0, 0.1) is 0 Å². The monoisotopic (exact) mass is 192 g/mol. The fourth-order valence-corrected chi connectivity index (χ4v) is 2.81. The Kier molecular flexibility index (Phi) is 2.75. The third kappa shape index (κ3) is 1.97. The molecule has 2 unspecified atom stereocenters. The zero-order chi connectivity index (χ0) is 9.35. The van der Waals surface area contributed by atoms with Crippen LogP contribution in [0.4, 0.5) is 0 Å². The van der Waals surface area contributed by atoms with Crippen molar-refractivity contribution in [3.8, 4) is 0 Å². The van der Waals surface area contributed by atoms with E-state index in [9.17, 15) is 8.42 Å². The van der Waals surface area contributed by atoms with Crippen molar-refractivity contribution in [1.82, 2.24) is 9.62 Å². The Bertz CT molecular complexity index is 248. The Morgan fingerprint density at radius 1 is 1.58 bits per heavy atom. The molecule has 5 heteroatoms. The van der Waals surface area contributed by atoms with E-state index in [1.807, 2.05) is 18.7 Å². The Hall–Kier alpha value is -0.130. The van der Waals surface area contributed by atoms with Gasteiger partial charge >= 0.3 is 0 Å². The first-order valence-corrected chi connectivity index (χ1v) is 5.78. The van der Waals surface area contributed by atoms with Crippen LogP contribution in [0.3, 0.4) is 0 Å². The van der Waals surface area contributed by atoms with Crippen molar-refractivity contribution in [2.24, 2.45) is 0 Å². The van der Waals surface area contributed by atoms with Gasteiger partial charge in [0.15, 0.2) is 0 Å². The van der Waals surface area contributed by atoms with Gasteiger partial charge in [0.25, 0.3) is 0 Å². The molecular formula is C7H16N2O2S. The van der Waals surface area contributed by atoms with E-state index in [1.54, 1.807) is 6.92 Å². The largest absolute Gasteiger partial charge is 0.280 e. The van der Waals surface area contributed by atoms with Crippen molar-refractivity contribution in [2.45, 2.75) is 32.2 Å². The van der Waals surface area contributed by atoms with E-state index >= 15 is 0 Å². The van der Waals surface area contributed by atoms with Gasteiger partial charge in [0.05, 0.1) is 0 Å². The molecule has 1 fully saturated rings. The van der Waals surface area contributed by atoms with E-state index in [1.165, 1.54) is 0 Å². The van der Waals surface area contributed by atoms with Gasteiger partial charge in [-0.25, -0.2) is 13.1 Å². The van der Waals surface area contributed by atoms with Crippen molar-refractivity contribution in [2.75, 3.05) is 13.1 Å². The molecule has 1 N–H and O–H groups in total. The highest BCUT2D eigenvalue weighted by Gasteiger charge is 2.45. The van der Waals surface area contributed by atoms with Gasteiger partial charge in [-0.2, -0.15) is 0 Å². The summed E-state index contributed by atoms with van der Waals surface area (Å²) in [6.45, 7) is 6.94. The maximum atomic E-state index is 11.4. The summed E-state index contributed by atoms with van der Waals surface area (Å²) in [5.74, 6) is 0. The van der Waals surface area contributed by atoms with Gasteiger partial charge in [-0.1, -0.05) is 6.92 Å². The van der Waals surface area contributed by atoms with Crippen molar-refractivity contribution >= 4 is 10.0 Å². The minimum absolute atomic E-state index is 0.280. The van der Waals surface area contributed by atoms with Gasteiger partial charge in [-0.15, -0.1) is 0 Å². The van der Waals surface area contributed by atoms with Crippen LogP contribution < -0.4 is 4.72 Å². The Labute approximate surface area is 74.0 Å². The first-order valence-electron chi connectivity index (χ1n) is 4.23. The van der Waals surface area contributed by atoms with Crippen molar-refractivity contribution < 1.29 is 8.42 Å². The lowest BCUT2D eigenvalue weighted by molar-refractivity contribution is 0.441. The zero-order valence-electron chi connectivity index (χ0n) is 7.74. The van der Waals surface area contributed by atoms with Gasteiger partial charge in [-0.05, 0) is 13.8 Å². The predicted octanol–water partition coefficient (Wildman–Crippen LogP) is -0.0242. The molecule has 1 rings (SSSR count). The highest BCUT2D eigenvalue weighted by Crippen LogP contribution is 2.24. The number of nitrogens with one attached hydrogen (secondary N) is 1. The molecule has 4 nitrogen and oxygen atoms in total. The topological polar surface area (TPSA) is 49.2 Å². The van der Waals surface area contributed by atoms with E-state index in [4.69, 9.17) is 0 Å². The second-order valence-electron chi connectivity index (χ2n) is 3.29. The second kappa shape index (κ2) is 3.32. The summed E-state index contributed by atoms with van der Waals surface area (Å²) in [5.41, 5.74) is 0. The summed E-state index contributed by atoms with van der Waals surface area (Å²) >= 11 is 0. The zero-order valence-corrected chi connectivity index (χ0v) is 8.56. The molecule has 0 aromatic carbocycles. The molecule has 0 aromatic rings. The van der Waals surface area contributed by atoms with Crippen molar-refractivity contribution in [3.63, 3.8) is 0 Å². The molecule has 1 saturated heterocycles. The minimum Gasteiger partial charge on any atom is -0.280 e. The normalized spacial score (nSPS) is 29.3. The predicted molar refractivity (Wildman–Crippen MR) is 48.2 cm³/mol. The third-order valence-electron chi connectivity index (χ3n) is 1.97. The Morgan fingerprint density at radius 2 is 2.17 bits per heavy atom. The minimum atomic E-state index is -3.06. The molecule has 0 saturated carbocycles. The summed E-state index contributed by atoms with van der Waals surface area (Å²) in [4.78, 5) is 1.94. The van der Waals surface area contributed by atoms with Crippen LogP contribution in [-0.2, 0) is 10.0 Å². The number of rotatable bonds is 4. The van der Waals surface area contributed by atoms with Crippen LogP contribution in [0.2, 0.25) is 0 Å². The SMILES string of the molecule is CCNS(=O)(=O)C1CN1C(C)C. The molecular weight excluding hydrogens is 176 g/mol. The average Bonchev–Trinajstić information content (AvgIpc) is 2.63. The van der Waals surface area contributed by atoms with Gasteiger partial charge in [-0.3, -0.25) is 4.90 Å². The quantitative estimate of drug-likeness (QED) is 0.637. The molecule has 0 amide bonds. The lowest BCUT2D eigenvalue weighted by Crippen LogP contribution is -2.30. The number of sulfonamides is 1. The smallest absolute Gasteiger partial charge is 0.229 e. The number of hydrogen-bond donors (Lipinski definition) is 1. The lowest BCUT2D eigenvalue weighted by atomic mass is 10.4. The molecule has 0 aliphatic carbocycles. The molecule has 12 heavy (non-hydrogen) atoms. The van der Waals surface area contributed by atoms with Crippen molar-refractivity contribution in [3.05, 3.63) is 0 Å². The first-order chi connectivity index (χ1) is 5.49. The van der Waals surface area contributed by atoms with E-state index in [-0.39, 0.29) is 5.37 Å². The van der Waals surface area contributed by atoms with E-state index in [0.29, 0.717) is 19.1 Å². The molecule has 0 radical (unpaired) electrons. The fraction of sp³-hybridized carbons (Fsp3) is 1.00. The third-order valence-corrected chi connectivity index (χ3v) is 3.80. The van der Waals surface area contributed by atoms with Crippen LogP contribution in [-0.4, -0.2) is 37.8 Å². The van der Waals surface area contributed by atoms with Crippen LogP contribution in [0.1, 0.15) is 20.8 Å². The van der Waals surface area contributed by atoms with Crippen LogP contribution in [0.25, 0.3) is 0 Å². The standard InChI is InChI=1S/C7H16N2O2S/c1-4-8-12(10,11)7-5-9(7)6(2)3/h6-8H,4-5H2,1-3H3. The molecule has 0 spiro atoms. The summed E-state index contributed by atoms with van der Waals surface area (Å²) in [5, 5.41) is -0.280. The molecule has 0 bridgehead atoms. The molecule has 72 valence electrons. The average molecular weight is 192 g/mol. The van der Waals surface area contributed by atoms with Crippen LogP contribution in [0.15, 0.2) is 0 Å². The fourth-order valence-electron chi connectivity index (χ4n) is 1.25. The highest BCUT2D eigenvalue weighted by molar-refractivity contribution is 7.90. The van der Waals surface area contributed by atoms with Crippen molar-refractivity contribution in [1.29, 1.82) is 0 Å². The van der Waals surface area contributed by atoms with E-state index in [2.05, 4.69) is 4.72 Å². The number of nitrogens with zero attached hydrogens (tertiary/aromatic N) is 1. The van der Waals surface area contributed by atoms with Gasteiger partial charge in [0, 0.05) is 19.1 Å². The van der Waals surface area contributed by atoms with Gasteiger partial charge in [0.2, 0.25) is 10.0 Å². The molecule has 1 heterocycles. The Morgan fingerprint density at radius 3 is 2.50 bits per heavy atom. The molecule has 2 atom stereocenters. The van der Waals surface area contributed by atoms with E-state index in [0.717, 1.165) is 0 Å². The summed E-state index contributed by atoms with van der Waals surface area (Å²) in [6, 6.07) is 0.323. The van der Waals surface area contributed by atoms with Crippen LogP contribution in [0.5, 0.6) is 0 Å². The van der Waals surface area contributed by atoms with E-state index < -0.39 is 10.0 Å². The maximum Gasteiger partial charge on any atom is 0.229 e. The van der Waals surface area contributed by atoms with Gasteiger partial charge in [0.1, 0.15) is 5.37 Å². The number of hydrogen-bond acceptors (Lipinski definition) is 3. The first kappa shape index (κ1) is 9.95. The molecule has 1 aliphatic rings. The van der Waals surface area contributed by atoms with Gasteiger partial charge < -0.3 is 0 Å². The Balaban J connectivity index is 2.52. The lowest BCUT2D eigenvalue weighted by Gasteiger charge is -2.07. The maximum absolute atomic E-state index is 11.4. The highest BCUT2D eigenvalue weighted by atomic mass is 32.2. The molecule has 0 aromatic heterocycles. The summed E-state index contributed by atoms with van der Waals surface area (Å²) < 4.78 is 25.2. The van der Waals surface area contributed by atoms with Crippen LogP contribution >= 0.6 is 0 Å².